The van der Waals surface area contributed by atoms with Gasteiger partial charge in [0.1, 0.15) is 6.54 Å². The van der Waals surface area contributed by atoms with Crippen molar-refractivity contribution in [2.75, 3.05) is 12.3 Å². The van der Waals surface area contributed by atoms with E-state index in [4.69, 9.17) is 5.26 Å². The van der Waals surface area contributed by atoms with Crippen molar-refractivity contribution in [3.8, 4) is 16.8 Å². The predicted molar refractivity (Wildman–Crippen MR) is 106 cm³/mol. The number of rotatable bonds is 7. The minimum atomic E-state index is -0.152. The largest absolute Gasteiger partial charge is 0.342 e. The first-order valence-corrected chi connectivity index (χ1v) is 11.3. The zero-order valence-corrected chi connectivity index (χ0v) is 16.9. The molecule has 8 heteroatoms. The Morgan fingerprint density at radius 1 is 1.48 bits per heavy atom. The minimum absolute atomic E-state index is 0.0358. The Labute approximate surface area is 167 Å². The number of aromatic nitrogens is 3. The number of thioether (sulfide) groups is 1. The maximum atomic E-state index is 11.9. The van der Waals surface area contributed by atoms with Gasteiger partial charge in [0, 0.05) is 6.04 Å². The summed E-state index contributed by atoms with van der Waals surface area (Å²) in [7, 11) is 0. The van der Waals surface area contributed by atoms with Gasteiger partial charge in [-0.2, -0.15) is 5.26 Å². The summed E-state index contributed by atoms with van der Waals surface area (Å²) in [5.41, 5.74) is 0. The molecule has 4 atom stereocenters. The number of hydrogen-bond donors (Lipinski definition) is 1. The molecule has 2 bridgehead atoms. The van der Waals surface area contributed by atoms with Crippen LogP contribution in [0.1, 0.15) is 38.6 Å². The van der Waals surface area contributed by atoms with Gasteiger partial charge in [-0.05, 0) is 55.4 Å². The molecular formula is C19H23N5OS2. The van der Waals surface area contributed by atoms with Gasteiger partial charge in [-0.25, -0.2) is 0 Å². The van der Waals surface area contributed by atoms with E-state index in [1.165, 1.54) is 37.4 Å². The Morgan fingerprint density at radius 3 is 3.04 bits per heavy atom. The van der Waals surface area contributed by atoms with Crippen LogP contribution in [0.15, 0.2) is 22.7 Å². The molecule has 2 heterocycles. The zero-order valence-electron chi connectivity index (χ0n) is 15.3. The van der Waals surface area contributed by atoms with E-state index in [2.05, 4.69) is 38.5 Å². The summed E-state index contributed by atoms with van der Waals surface area (Å²) in [5.74, 6) is 3.34. The van der Waals surface area contributed by atoms with Crippen molar-refractivity contribution < 1.29 is 4.79 Å². The molecule has 2 saturated carbocycles. The van der Waals surface area contributed by atoms with E-state index in [0.29, 0.717) is 12.0 Å². The highest BCUT2D eigenvalue weighted by molar-refractivity contribution is 7.99. The molecule has 6 nitrogen and oxygen atoms in total. The van der Waals surface area contributed by atoms with E-state index in [9.17, 15) is 4.79 Å². The Balaban J connectivity index is 1.58. The molecule has 2 aliphatic rings. The minimum Gasteiger partial charge on any atom is -0.342 e. The second kappa shape index (κ2) is 8.03. The summed E-state index contributed by atoms with van der Waals surface area (Å²) in [6.45, 7) is 2.32. The second-order valence-electron chi connectivity index (χ2n) is 7.46. The van der Waals surface area contributed by atoms with Crippen LogP contribution in [0.5, 0.6) is 0 Å². The van der Waals surface area contributed by atoms with Gasteiger partial charge in [-0.1, -0.05) is 24.2 Å². The number of nitrogens with zero attached hydrogens (tertiary/aromatic N) is 4. The molecule has 1 N–H and O–H groups in total. The third-order valence-electron chi connectivity index (χ3n) is 5.92. The van der Waals surface area contributed by atoms with Gasteiger partial charge in [0.2, 0.25) is 5.91 Å². The molecule has 27 heavy (non-hydrogen) atoms. The van der Waals surface area contributed by atoms with Gasteiger partial charge >= 0.3 is 0 Å². The molecule has 0 radical (unpaired) electrons. The van der Waals surface area contributed by atoms with Crippen LogP contribution in [-0.4, -0.2) is 33.0 Å². The number of amides is 1. The fourth-order valence-corrected chi connectivity index (χ4v) is 6.27. The molecule has 2 fully saturated rings. The maximum absolute atomic E-state index is 11.9. The first kappa shape index (κ1) is 18.5. The number of nitrogens with one attached hydrogen (secondary N) is 1. The third-order valence-corrected chi connectivity index (χ3v) is 7.73. The average Bonchev–Trinajstić information content (AvgIpc) is 3.46. The molecule has 0 aliphatic heterocycles. The van der Waals surface area contributed by atoms with Crippen molar-refractivity contribution in [2.45, 2.75) is 43.8 Å². The van der Waals surface area contributed by atoms with Gasteiger partial charge in [-0.15, -0.1) is 21.5 Å². The molecule has 2 aromatic heterocycles. The summed E-state index contributed by atoms with van der Waals surface area (Å²) < 4.78 is 2.25. The highest BCUT2D eigenvalue weighted by Crippen LogP contribution is 2.53. The van der Waals surface area contributed by atoms with Crippen molar-refractivity contribution in [3.63, 3.8) is 0 Å². The lowest BCUT2D eigenvalue weighted by molar-refractivity contribution is -0.118. The van der Waals surface area contributed by atoms with Crippen LogP contribution in [0.3, 0.4) is 0 Å². The van der Waals surface area contributed by atoms with E-state index in [1.807, 2.05) is 12.1 Å². The van der Waals surface area contributed by atoms with Crippen molar-refractivity contribution in [1.82, 2.24) is 20.1 Å². The van der Waals surface area contributed by atoms with Crippen molar-refractivity contribution >= 4 is 29.0 Å². The molecule has 0 saturated heterocycles. The standard InChI is InChI=1S/C19H23N5OS2/c1-12(15-10-13-4-5-14(15)9-13)24-18(16-3-2-8-26-16)22-23-19(24)27-11-17(25)21-7-6-20/h2-3,8,12-15H,4-5,7,9-11H2,1H3,(H,21,25). The first-order valence-electron chi connectivity index (χ1n) is 9.42. The molecule has 1 amide bonds. The van der Waals surface area contributed by atoms with E-state index in [0.717, 1.165) is 27.7 Å². The van der Waals surface area contributed by atoms with Crippen molar-refractivity contribution in [2.24, 2.45) is 17.8 Å². The number of nitriles is 1. The summed E-state index contributed by atoms with van der Waals surface area (Å²) in [5, 5.41) is 22.9. The topological polar surface area (TPSA) is 83.6 Å². The van der Waals surface area contributed by atoms with Crippen LogP contribution in [-0.2, 0) is 4.79 Å². The van der Waals surface area contributed by atoms with Gasteiger partial charge in [0.15, 0.2) is 11.0 Å². The fourth-order valence-electron chi connectivity index (χ4n) is 4.71. The van der Waals surface area contributed by atoms with Gasteiger partial charge in [0.05, 0.1) is 16.7 Å². The maximum Gasteiger partial charge on any atom is 0.231 e. The first-order chi connectivity index (χ1) is 13.2. The smallest absolute Gasteiger partial charge is 0.231 e. The highest BCUT2D eigenvalue weighted by Gasteiger charge is 2.43. The molecule has 0 aromatic carbocycles. The van der Waals surface area contributed by atoms with Crippen molar-refractivity contribution in [1.29, 1.82) is 5.26 Å². The van der Waals surface area contributed by atoms with E-state index < -0.39 is 0 Å². The Morgan fingerprint density at radius 2 is 2.37 bits per heavy atom. The quantitative estimate of drug-likeness (QED) is 0.564. The molecule has 2 aromatic rings. The number of hydrogen-bond acceptors (Lipinski definition) is 6. The molecule has 2 aliphatic carbocycles. The summed E-state index contributed by atoms with van der Waals surface area (Å²) in [6.07, 6.45) is 5.38. The molecule has 4 unspecified atom stereocenters. The molecule has 142 valence electrons. The van der Waals surface area contributed by atoms with Crippen LogP contribution in [0.25, 0.3) is 10.7 Å². The lowest BCUT2D eigenvalue weighted by atomic mass is 9.84. The van der Waals surface area contributed by atoms with Gasteiger partial charge in [0.25, 0.3) is 0 Å². The van der Waals surface area contributed by atoms with Gasteiger partial charge in [-0.3, -0.25) is 9.36 Å². The molecule has 4 rings (SSSR count). The highest BCUT2D eigenvalue weighted by atomic mass is 32.2. The summed E-state index contributed by atoms with van der Waals surface area (Å²) in [4.78, 5) is 13.0. The average molecular weight is 402 g/mol. The normalized spacial score (nSPS) is 24.7. The Bertz CT molecular complexity index is 841. The second-order valence-corrected chi connectivity index (χ2v) is 9.35. The van der Waals surface area contributed by atoms with Crippen LogP contribution < -0.4 is 5.32 Å². The van der Waals surface area contributed by atoms with Crippen LogP contribution in [0.2, 0.25) is 0 Å². The van der Waals surface area contributed by atoms with E-state index >= 15 is 0 Å². The molecule has 0 spiro atoms. The number of carbonyl (C=O) groups is 1. The third kappa shape index (κ3) is 3.76. The summed E-state index contributed by atoms with van der Waals surface area (Å²) in [6, 6.07) is 6.35. The SMILES string of the molecule is CC(C1CC2CCC1C2)n1c(SCC(=O)NCC#N)nnc1-c1cccs1. The number of fused-ring (bicyclic) bond motifs is 2. The number of carbonyl (C=O) groups excluding carboxylic acids is 1. The fraction of sp³-hybridized carbons (Fsp3) is 0.579. The molecular weight excluding hydrogens is 378 g/mol. The van der Waals surface area contributed by atoms with Crippen LogP contribution in [0.4, 0.5) is 0 Å². The van der Waals surface area contributed by atoms with E-state index in [1.54, 1.807) is 11.3 Å². The van der Waals surface area contributed by atoms with Crippen LogP contribution >= 0.6 is 23.1 Å². The van der Waals surface area contributed by atoms with Crippen LogP contribution in [0, 0.1) is 29.1 Å². The van der Waals surface area contributed by atoms with Gasteiger partial charge < -0.3 is 5.32 Å². The van der Waals surface area contributed by atoms with E-state index in [-0.39, 0.29) is 18.2 Å². The van der Waals surface area contributed by atoms with Crippen molar-refractivity contribution in [3.05, 3.63) is 17.5 Å². The Hall–Kier alpha value is -1.85. The number of thiophene rings is 1. The lowest BCUT2D eigenvalue weighted by Crippen LogP contribution is -2.26. The zero-order chi connectivity index (χ0) is 18.8. The lowest BCUT2D eigenvalue weighted by Gasteiger charge is -2.30. The Kier molecular flexibility index (Phi) is 5.50. The predicted octanol–water partition coefficient (Wildman–Crippen LogP) is 3.74. The monoisotopic (exact) mass is 401 g/mol. The summed E-state index contributed by atoms with van der Waals surface area (Å²) >= 11 is 3.07.